The van der Waals surface area contributed by atoms with Crippen LogP contribution in [-0.2, 0) is 0 Å². The maximum absolute atomic E-state index is 2.37. The molecule has 0 heterocycles. The van der Waals surface area contributed by atoms with Gasteiger partial charge >= 0.3 is 0 Å². The second kappa shape index (κ2) is 5.62. The van der Waals surface area contributed by atoms with E-state index in [1.807, 2.05) is 0 Å². The molecule has 0 N–H and O–H groups in total. The Hall–Kier alpha value is 0. The van der Waals surface area contributed by atoms with E-state index in [1.54, 1.807) is 0 Å². The highest BCUT2D eigenvalue weighted by molar-refractivity contribution is 4.59. The monoisotopic (exact) mass is 156 g/mol. The molecule has 0 aromatic heterocycles. The summed E-state index contributed by atoms with van der Waals surface area (Å²) in [5, 5.41) is 0. The summed E-state index contributed by atoms with van der Waals surface area (Å²) in [7, 11) is 0. The summed E-state index contributed by atoms with van der Waals surface area (Å²) in [4.78, 5) is 0. The smallest absolute Gasteiger partial charge is 0.0420 e. The summed E-state index contributed by atoms with van der Waals surface area (Å²) >= 11 is 0. The van der Waals surface area contributed by atoms with Crippen LogP contribution in [0.15, 0.2) is 0 Å². The van der Waals surface area contributed by atoms with Crippen molar-refractivity contribution in [3.05, 3.63) is 0 Å². The standard InChI is InChI=1S/C11H24/c1-6-10(4)7-8-11(5)9(2)3/h9-11H,6-8H2,1-5H3/t10-,11+/m0/s1. The zero-order valence-electron chi connectivity index (χ0n) is 8.85. The summed E-state index contributed by atoms with van der Waals surface area (Å²) in [6.45, 7) is 11.6. The first-order valence-electron chi connectivity index (χ1n) is 5.07. The number of hydrogen-bond donors (Lipinski definition) is 0. The third-order valence-electron chi connectivity index (χ3n) is 2.95. The third kappa shape index (κ3) is 5.29. The van der Waals surface area contributed by atoms with Crippen LogP contribution in [0.5, 0.6) is 0 Å². The Morgan fingerprint density at radius 1 is 0.909 bits per heavy atom. The quantitative estimate of drug-likeness (QED) is 0.562. The molecular weight excluding hydrogens is 132 g/mol. The van der Waals surface area contributed by atoms with Crippen LogP contribution < -0.4 is 0 Å². The molecule has 0 bridgehead atoms. The Kier molecular flexibility index (Phi) is 5.62. The maximum Gasteiger partial charge on any atom is -0.0420 e. The molecule has 0 aliphatic heterocycles. The molecule has 0 aliphatic carbocycles. The second-order valence-electron chi connectivity index (χ2n) is 4.31. The minimum atomic E-state index is 0.860. The lowest BCUT2D eigenvalue weighted by atomic mass is 9.89. The van der Waals surface area contributed by atoms with Crippen molar-refractivity contribution in [1.29, 1.82) is 0 Å². The van der Waals surface area contributed by atoms with Gasteiger partial charge in [-0.3, -0.25) is 0 Å². The van der Waals surface area contributed by atoms with Crippen LogP contribution in [0.3, 0.4) is 0 Å². The highest BCUT2D eigenvalue weighted by atomic mass is 14.1. The molecule has 0 rings (SSSR count). The van der Waals surface area contributed by atoms with Gasteiger partial charge in [-0.15, -0.1) is 0 Å². The van der Waals surface area contributed by atoms with Crippen LogP contribution in [0.2, 0.25) is 0 Å². The van der Waals surface area contributed by atoms with E-state index in [9.17, 15) is 0 Å². The molecule has 2 atom stereocenters. The molecule has 0 aromatic carbocycles. The van der Waals surface area contributed by atoms with E-state index in [1.165, 1.54) is 19.3 Å². The largest absolute Gasteiger partial charge is 0.0651 e. The zero-order valence-corrected chi connectivity index (χ0v) is 8.85. The van der Waals surface area contributed by atoms with Crippen molar-refractivity contribution in [3.8, 4) is 0 Å². The normalized spacial score (nSPS) is 16.9. The van der Waals surface area contributed by atoms with Gasteiger partial charge in [0.15, 0.2) is 0 Å². The van der Waals surface area contributed by atoms with E-state index in [0.29, 0.717) is 0 Å². The van der Waals surface area contributed by atoms with Gasteiger partial charge in [0.05, 0.1) is 0 Å². The first-order chi connectivity index (χ1) is 5.07. The van der Waals surface area contributed by atoms with Gasteiger partial charge in [0.1, 0.15) is 0 Å². The predicted octanol–water partition coefficient (Wildman–Crippen LogP) is 4.10. The first kappa shape index (κ1) is 11.0. The van der Waals surface area contributed by atoms with Crippen LogP contribution in [0, 0.1) is 17.8 Å². The Labute approximate surface area is 72.4 Å². The molecule has 11 heavy (non-hydrogen) atoms. The summed E-state index contributed by atoms with van der Waals surface area (Å²) in [6.07, 6.45) is 4.16. The minimum absolute atomic E-state index is 0.860. The molecule has 0 heteroatoms. The topological polar surface area (TPSA) is 0 Å². The van der Waals surface area contributed by atoms with E-state index >= 15 is 0 Å². The molecule has 0 aromatic rings. The highest BCUT2D eigenvalue weighted by Gasteiger charge is 2.08. The van der Waals surface area contributed by atoms with Crippen LogP contribution in [0.4, 0.5) is 0 Å². The molecule has 0 spiro atoms. The lowest BCUT2D eigenvalue weighted by molar-refractivity contribution is 0.347. The Bertz CT molecular complexity index is 84.0. The summed E-state index contributed by atoms with van der Waals surface area (Å²) in [6, 6.07) is 0. The molecule has 0 aliphatic rings. The maximum atomic E-state index is 2.37. The molecule has 0 radical (unpaired) electrons. The second-order valence-corrected chi connectivity index (χ2v) is 4.31. The fraction of sp³-hybridized carbons (Fsp3) is 1.00. The van der Waals surface area contributed by atoms with E-state index in [2.05, 4.69) is 34.6 Å². The first-order valence-corrected chi connectivity index (χ1v) is 5.07. The highest BCUT2D eigenvalue weighted by Crippen LogP contribution is 2.20. The molecule has 0 fully saturated rings. The van der Waals surface area contributed by atoms with E-state index in [0.717, 1.165) is 17.8 Å². The zero-order chi connectivity index (χ0) is 8.85. The molecule has 0 amide bonds. The van der Waals surface area contributed by atoms with Gasteiger partial charge in [-0.05, 0) is 17.8 Å². The predicted molar refractivity (Wildman–Crippen MR) is 52.7 cm³/mol. The molecule has 0 saturated carbocycles. The average Bonchev–Trinajstić information content (AvgIpc) is 1.99. The van der Waals surface area contributed by atoms with Gasteiger partial charge < -0.3 is 0 Å². The Morgan fingerprint density at radius 2 is 1.45 bits per heavy atom. The Morgan fingerprint density at radius 3 is 1.82 bits per heavy atom. The van der Waals surface area contributed by atoms with Crippen molar-refractivity contribution in [1.82, 2.24) is 0 Å². The third-order valence-corrected chi connectivity index (χ3v) is 2.95. The van der Waals surface area contributed by atoms with E-state index in [4.69, 9.17) is 0 Å². The molecular formula is C11H24. The fourth-order valence-corrected chi connectivity index (χ4v) is 1.08. The van der Waals surface area contributed by atoms with E-state index < -0.39 is 0 Å². The SMILES string of the molecule is CC[C@H](C)CC[C@@H](C)C(C)C. The van der Waals surface area contributed by atoms with Gasteiger partial charge in [0.2, 0.25) is 0 Å². The molecule has 0 unspecified atom stereocenters. The van der Waals surface area contributed by atoms with Crippen molar-refractivity contribution in [2.45, 2.75) is 53.9 Å². The van der Waals surface area contributed by atoms with Gasteiger partial charge in [-0.25, -0.2) is 0 Å². The fourth-order valence-electron chi connectivity index (χ4n) is 1.08. The average molecular weight is 156 g/mol. The van der Waals surface area contributed by atoms with Crippen molar-refractivity contribution in [2.24, 2.45) is 17.8 Å². The number of hydrogen-bond acceptors (Lipinski definition) is 0. The van der Waals surface area contributed by atoms with Crippen molar-refractivity contribution >= 4 is 0 Å². The number of rotatable bonds is 5. The summed E-state index contributed by atoms with van der Waals surface area (Å²) < 4.78 is 0. The van der Waals surface area contributed by atoms with Crippen molar-refractivity contribution < 1.29 is 0 Å². The van der Waals surface area contributed by atoms with Crippen molar-refractivity contribution in [2.75, 3.05) is 0 Å². The van der Waals surface area contributed by atoms with Gasteiger partial charge in [-0.1, -0.05) is 53.9 Å². The van der Waals surface area contributed by atoms with Gasteiger partial charge in [0, 0.05) is 0 Å². The molecule has 0 saturated heterocycles. The lowest BCUT2D eigenvalue weighted by Gasteiger charge is -2.17. The minimum Gasteiger partial charge on any atom is -0.0651 e. The molecule has 68 valence electrons. The van der Waals surface area contributed by atoms with Gasteiger partial charge in [-0.2, -0.15) is 0 Å². The summed E-state index contributed by atoms with van der Waals surface area (Å²) in [5.74, 6) is 2.69. The Balaban J connectivity index is 3.37. The van der Waals surface area contributed by atoms with Crippen LogP contribution in [0.1, 0.15) is 53.9 Å². The van der Waals surface area contributed by atoms with Crippen molar-refractivity contribution in [3.63, 3.8) is 0 Å². The van der Waals surface area contributed by atoms with E-state index in [-0.39, 0.29) is 0 Å². The van der Waals surface area contributed by atoms with Crippen LogP contribution in [0.25, 0.3) is 0 Å². The lowest BCUT2D eigenvalue weighted by Crippen LogP contribution is -2.05. The van der Waals surface area contributed by atoms with Crippen LogP contribution in [-0.4, -0.2) is 0 Å². The van der Waals surface area contributed by atoms with Crippen LogP contribution >= 0.6 is 0 Å². The summed E-state index contributed by atoms with van der Waals surface area (Å²) in [5.41, 5.74) is 0. The van der Waals surface area contributed by atoms with Gasteiger partial charge in [0.25, 0.3) is 0 Å². The molecule has 0 nitrogen and oxygen atoms in total.